The van der Waals surface area contributed by atoms with E-state index in [9.17, 15) is 4.79 Å². The molecule has 1 atom stereocenters. The number of piperidine rings is 1. The number of hydrogen-bond acceptors (Lipinski definition) is 4. The molecule has 0 aromatic heterocycles. The predicted octanol–water partition coefficient (Wildman–Crippen LogP) is -0.0346. The average molecular weight is 255 g/mol. The molecule has 2 rings (SSSR count). The van der Waals surface area contributed by atoms with Crippen molar-refractivity contribution in [2.45, 2.75) is 38.3 Å². The molecule has 0 aromatic rings. The number of amides is 1. The molecule has 2 fully saturated rings. The van der Waals surface area contributed by atoms with Crippen LogP contribution in [0.15, 0.2) is 0 Å². The maximum absolute atomic E-state index is 12.2. The Kier molecular flexibility index (Phi) is 5.41. The molecule has 0 aliphatic carbocycles. The lowest BCUT2D eigenvalue weighted by Gasteiger charge is -2.41. The summed E-state index contributed by atoms with van der Waals surface area (Å²) in [5.74, 6) is 0.134. The van der Waals surface area contributed by atoms with Crippen LogP contribution >= 0.6 is 0 Å². The van der Waals surface area contributed by atoms with Gasteiger partial charge in [-0.25, -0.2) is 0 Å². The van der Waals surface area contributed by atoms with Crippen LogP contribution in [0.5, 0.6) is 0 Å². The second-order valence-electron chi connectivity index (χ2n) is 5.10. The summed E-state index contributed by atoms with van der Waals surface area (Å²) in [6.45, 7) is 7.13. The number of hydrogen-bond donors (Lipinski definition) is 2. The van der Waals surface area contributed by atoms with Crippen molar-refractivity contribution in [1.29, 1.82) is 0 Å². The summed E-state index contributed by atoms with van der Waals surface area (Å²) in [5.41, 5.74) is 0. The zero-order chi connectivity index (χ0) is 12.8. The van der Waals surface area contributed by atoms with Gasteiger partial charge in [0.15, 0.2) is 0 Å². The maximum Gasteiger partial charge on any atom is 0.239 e. The third-order valence-corrected chi connectivity index (χ3v) is 3.80. The molecule has 2 aliphatic rings. The molecule has 1 amide bonds. The highest BCUT2D eigenvalue weighted by Crippen LogP contribution is 2.18. The third-order valence-electron chi connectivity index (χ3n) is 3.80. The Bertz CT molecular complexity index is 267. The first-order valence-electron chi connectivity index (χ1n) is 7.15. The van der Waals surface area contributed by atoms with Gasteiger partial charge in [-0.05, 0) is 32.4 Å². The molecule has 0 aromatic carbocycles. The van der Waals surface area contributed by atoms with E-state index in [4.69, 9.17) is 4.74 Å². The van der Waals surface area contributed by atoms with Crippen LogP contribution in [0.3, 0.4) is 0 Å². The quantitative estimate of drug-likeness (QED) is 0.740. The fourth-order valence-corrected chi connectivity index (χ4v) is 2.78. The summed E-state index contributed by atoms with van der Waals surface area (Å²) in [5, 5.41) is 6.37. The van der Waals surface area contributed by atoms with Crippen molar-refractivity contribution in [2.75, 3.05) is 39.4 Å². The van der Waals surface area contributed by atoms with E-state index in [1.807, 2.05) is 0 Å². The Morgan fingerprint density at radius 1 is 1.44 bits per heavy atom. The molecule has 104 valence electrons. The van der Waals surface area contributed by atoms with Crippen LogP contribution in [0, 0.1) is 0 Å². The molecule has 2 aliphatic heterocycles. The SMILES string of the molecule is CCCNC(=O)C1COCCN1C1CCNCC1. The van der Waals surface area contributed by atoms with Crippen molar-refractivity contribution in [3.8, 4) is 0 Å². The first-order valence-corrected chi connectivity index (χ1v) is 7.15. The molecule has 0 spiro atoms. The number of nitrogens with zero attached hydrogens (tertiary/aromatic N) is 1. The van der Waals surface area contributed by atoms with Crippen LogP contribution in [-0.2, 0) is 9.53 Å². The highest BCUT2D eigenvalue weighted by molar-refractivity contribution is 5.82. The van der Waals surface area contributed by atoms with Crippen LogP contribution < -0.4 is 10.6 Å². The normalized spacial score (nSPS) is 27.1. The van der Waals surface area contributed by atoms with Gasteiger partial charge in [-0.15, -0.1) is 0 Å². The van der Waals surface area contributed by atoms with E-state index in [1.165, 1.54) is 0 Å². The van der Waals surface area contributed by atoms with Crippen molar-refractivity contribution in [3.63, 3.8) is 0 Å². The van der Waals surface area contributed by atoms with Crippen molar-refractivity contribution in [2.24, 2.45) is 0 Å². The molecule has 5 heteroatoms. The van der Waals surface area contributed by atoms with Crippen LogP contribution in [0.2, 0.25) is 0 Å². The van der Waals surface area contributed by atoms with Crippen molar-refractivity contribution < 1.29 is 9.53 Å². The van der Waals surface area contributed by atoms with Crippen molar-refractivity contribution in [3.05, 3.63) is 0 Å². The van der Waals surface area contributed by atoms with Crippen LogP contribution in [0.4, 0.5) is 0 Å². The van der Waals surface area contributed by atoms with Crippen LogP contribution in [0.1, 0.15) is 26.2 Å². The van der Waals surface area contributed by atoms with Crippen molar-refractivity contribution in [1.82, 2.24) is 15.5 Å². The van der Waals surface area contributed by atoms with Gasteiger partial charge in [0.05, 0.1) is 13.2 Å². The molecule has 18 heavy (non-hydrogen) atoms. The monoisotopic (exact) mass is 255 g/mol. The average Bonchev–Trinajstić information content (AvgIpc) is 2.45. The summed E-state index contributed by atoms with van der Waals surface area (Å²) in [6.07, 6.45) is 3.25. The fraction of sp³-hybridized carbons (Fsp3) is 0.923. The molecule has 0 radical (unpaired) electrons. The number of carbonyl (C=O) groups is 1. The standard InChI is InChI=1S/C13H25N3O2/c1-2-5-15-13(17)12-10-18-9-8-16(12)11-3-6-14-7-4-11/h11-12,14H,2-10H2,1H3,(H,15,17). The number of carbonyl (C=O) groups excluding carboxylic acids is 1. The zero-order valence-corrected chi connectivity index (χ0v) is 11.3. The lowest BCUT2D eigenvalue weighted by molar-refractivity contribution is -0.135. The summed E-state index contributed by atoms with van der Waals surface area (Å²) in [7, 11) is 0. The molecular formula is C13H25N3O2. The molecule has 0 bridgehead atoms. The second kappa shape index (κ2) is 7.07. The Balaban J connectivity index is 1.93. The van der Waals surface area contributed by atoms with Gasteiger partial charge in [0.25, 0.3) is 0 Å². The predicted molar refractivity (Wildman–Crippen MR) is 70.5 cm³/mol. The van der Waals surface area contributed by atoms with Gasteiger partial charge in [-0.3, -0.25) is 9.69 Å². The Labute approximate surface area is 109 Å². The highest BCUT2D eigenvalue weighted by atomic mass is 16.5. The van der Waals surface area contributed by atoms with Gasteiger partial charge < -0.3 is 15.4 Å². The Morgan fingerprint density at radius 2 is 2.22 bits per heavy atom. The molecule has 2 saturated heterocycles. The number of ether oxygens (including phenoxy) is 1. The van der Waals surface area contributed by atoms with Gasteiger partial charge in [-0.1, -0.05) is 6.92 Å². The van der Waals surface area contributed by atoms with E-state index >= 15 is 0 Å². The summed E-state index contributed by atoms with van der Waals surface area (Å²) < 4.78 is 5.49. The third kappa shape index (κ3) is 3.43. The zero-order valence-electron chi connectivity index (χ0n) is 11.3. The molecule has 5 nitrogen and oxygen atoms in total. The van der Waals surface area contributed by atoms with E-state index in [0.717, 1.165) is 52.0 Å². The highest BCUT2D eigenvalue weighted by Gasteiger charge is 2.34. The summed E-state index contributed by atoms with van der Waals surface area (Å²) in [6, 6.07) is 0.445. The summed E-state index contributed by atoms with van der Waals surface area (Å²) in [4.78, 5) is 14.5. The molecule has 2 heterocycles. The lowest BCUT2D eigenvalue weighted by atomic mass is 10.0. The van der Waals surface area contributed by atoms with Crippen LogP contribution in [0.25, 0.3) is 0 Å². The first kappa shape index (κ1) is 13.8. The van der Waals surface area contributed by atoms with Gasteiger partial charge >= 0.3 is 0 Å². The minimum Gasteiger partial charge on any atom is -0.378 e. The largest absolute Gasteiger partial charge is 0.378 e. The molecular weight excluding hydrogens is 230 g/mol. The lowest BCUT2D eigenvalue weighted by Crippen LogP contribution is -2.58. The van der Waals surface area contributed by atoms with Gasteiger partial charge in [0, 0.05) is 19.1 Å². The smallest absolute Gasteiger partial charge is 0.239 e. The van der Waals surface area contributed by atoms with E-state index in [1.54, 1.807) is 0 Å². The number of nitrogens with one attached hydrogen (secondary N) is 2. The summed E-state index contributed by atoms with van der Waals surface area (Å²) >= 11 is 0. The van der Waals surface area contributed by atoms with Gasteiger partial charge in [0.2, 0.25) is 5.91 Å². The van der Waals surface area contributed by atoms with E-state index < -0.39 is 0 Å². The molecule has 0 saturated carbocycles. The number of rotatable bonds is 4. The maximum atomic E-state index is 12.2. The minimum absolute atomic E-state index is 0.0894. The van der Waals surface area contributed by atoms with Crippen LogP contribution in [-0.4, -0.2) is 62.3 Å². The first-order chi connectivity index (χ1) is 8.83. The van der Waals surface area contributed by atoms with Crippen molar-refractivity contribution >= 4 is 5.91 Å². The topological polar surface area (TPSA) is 53.6 Å². The Hall–Kier alpha value is -0.650. The minimum atomic E-state index is -0.0894. The number of morpholine rings is 1. The van der Waals surface area contributed by atoms with E-state index in [-0.39, 0.29) is 11.9 Å². The fourth-order valence-electron chi connectivity index (χ4n) is 2.78. The van der Waals surface area contributed by atoms with Gasteiger partial charge in [-0.2, -0.15) is 0 Å². The van der Waals surface area contributed by atoms with E-state index in [0.29, 0.717) is 12.6 Å². The van der Waals surface area contributed by atoms with E-state index in [2.05, 4.69) is 22.5 Å². The Morgan fingerprint density at radius 3 is 2.94 bits per heavy atom. The van der Waals surface area contributed by atoms with Gasteiger partial charge in [0.1, 0.15) is 6.04 Å². The second-order valence-corrected chi connectivity index (χ2v) is 5.10. The molecule has 2 N–H and O–H groups in total. The molecule has 1 unspecified atom stereocenters.